The Hall–Kier alpha value is -2.32. The molecule has 0 unspecified atom stereocenters. The van der Waals surface area contributed by atoms with E-state index in [0.29, 0.717) is 11.6 Å². The third kappa shape index (κ3) is 3.41. The summed E-state index contributed by atoms with van der Waals surface area (Å²) in [6.07, 6.45) is 3.42. The van der Waals surface area contributed by atoms with Gasteiger partial charge in [-0.2, -0.15) is 0 Å². The minimum atomic E-state index is 0.428. The molecule has 0 bridgehead atoms. The molecule has 0 N–H and O–H groups in total. The highest BCUT2D eigenvalue weighted by Gasteiger charge is 2.01. The van der Waals surface area contributed by atoms with E-state index < -0.39 is 0 Å². The van der Waals surface area contributed by atoms with Crippen molar-refractivity contribution < 1.29 is 4.74 Å². The molecular formula is C18H14ClNO. The Bertz CT molecular complexity index is 711. The lowest BCUT2D eigenvalue weighted by atomic mass is 10.1. The fourth-order valence-corrected chi connectivity index (χ4v) is 2.22. The lowest BCUT2D eigenvalue weighted by molar-refractivity contribution is 0.480. The van der Waals surface area contributed by atoms with E-state index in [4.69, 9.17) is 16.3 Å². The van der Waals surface area contributed by atoms with Crippen LogP contribution in [0, 0.1) is 0 Å². The molecule has 2 aromatic carbocycles. The Balaban J connectivity index is 1.78. The van der Waals surface area contributed by atoms with Gasteiger partial charge in [0, 0.05) is 12.1 Å². The second-order valence-corrected chi connectivity index (χ2v) is 4.92. The van der Waals surface area contributed by atoms with Gasteiger partial charge in [-0.3, -0.25) is 4.98 Å². The molecular weight excluding hydrogens is 282 g/mol. The fraction of sp³-hybridized carbons (Fsp3) is 0.0556. The number of alkyl halides is 1. The average Bonchev–Trinajstić information content (AvgIpc) is 2.56. The lowest BCUT2D eigenvalue weighted by Crippen LogP contribution is -1.88. The van der Waals surface area contributed by atoms with Gasteiger partial charge in [0.05, 0.1) is 6.20 Å². The summed E-state index contributed by atoms with van der Waals surface area (Å²) in [7, 11) is 0. The molecule has 0 saturated heterocycles. The first-order chi connectivity index (χ1) is 10.3. The smallest absolute Gasteiger partial charge is 0.146 e. The van der Waals surface area contributed by atoms with Crippen LogP contribution in [0.4, 0.5) is 0 Å². The highest BCUT2D eigenvalue weighted by molar-refractivity contribution is 6.17. The van der Waals surface area contributed by atoms with Gasteiger partial charge in [-0.1, -0.05) is 42.5 Å². The molecule has 104 valence electrons. The molecule has 0 fully saturated rings. The van der Waals surface area contributed by atoms with Crippen LogP contribution in [-0.4, -0.2) is 4.98 Å². The second-order valence-electron chi connectivity index (χ2n) is 4.65. The molecule has 1 aromatic heterocycles. The minimum absolute atomic E-state index is 0.428. The van der Waals surface area contributed by atoms with E-state index in [1.807, 2.05) is 48.5 Å². The molecule has 21 heavy (non-hydrogen) atoms. The summed E-state index contributed by atoms with van der Waals surface area (Å²) < 4.78 is 5.79. The van der Waals surface area contributed by atoms with Crippen molar-refractivity contribution in [3.63, 3.8) is 0 Å². The van der Waals surface area contributed by atoms with Crippen molar-refractivity contribution in [3.8, 4) is 22.6 Å². The van der Waals surface area contributed by atoms with E-state index in [1.165, 1.54) is 5.56 Å². The molecule has 0 aliphatic carbocycles. The zero-order valence-corrected chi connectivity index (χ0v) is 12.1. The maximum absolute atomic E-state index is 5.79. The van der Waals surface area contributed by atoms with E-state index in [9.17, 15) is 0 Å². The standard InChI is InChI=1S/C18H14ClNO/c19-11-14-10-18(13-20-12-14)21-17-8-6-16(7-9-17)15-4-2-1-3-5-15/h1-10,12-13H,11H2. The van der Waals surface area contributed by atoms with Crippen LogP contribution < -0.4 is 4.74 Å². The highest BCUT2D eigenvalue weighted by Crippen LogP contribution is 2.25. The first kappa shape index (κ1) is 13.7. The van der Waals surface area contributed by atoms with Crippen molar-refractivity contribution in [2.45, 2.75) is 5.88 Å². The number of halogens is 1. The van der Waals surface area contributed by atoms with Crippen LogP contribution in [0.5, 0.6) is 11.5 Å². The molecule has 1 heterocycles. The van der Waals surface area contributed by atoms with Gasteiger partial charge in [0.2, 0.25) is 0 Å². The average molecular weight is 296 g/mol. The maximum Gasteiger partial charge on any atom is 0.146 e. The molecule has 3 aromatic rings. The van der Waals surface area contributed by atoms with Gasteiger partial charge < -0.3 is 4.74 Å². The maximum atomic E-state index is 5.79. The van der Waals surface area contributed by atoms with Crippen LogP contribution in [-0.2, 0) is 5.88 Å². The molecule has 2 nitrogen and oxygen atoms in total. The Morgan fingerprint density at radius 1 is 0.810 bits per heavy atom. The number of hydrogen-bond donors (Lipinski definition) is 0. The molecule has 3 rings (SSSR count). The molecule has 0 spiro atoms. The first-order valence-corrected chi connectivity index (χ1v) is 7.22. The van der Waals surface area contributed by atoms with Crippen LogP contribution >= 0.6 is 11.6 Å². The summed E-state index contributed by atoms with van der Waals surface area (Å²) in [4.78, 5) is 4.11. The summed E-state index contributed by atoms with van der Waals surface area (Å²) in [5, 5.41) is 0. The van der Waals surface area contributed by atoms with Gasteiger partial charge in [0.1, 0.15) is 11.5 Å². The van der Waals surface area contributed by atoms with Crippen molar-refractivity contribution in [1.29, 1.82) is 0 Å². The summed E-state index contributed by atoms with van der Waals surface area (Å²) >= 11 is 5.79. The molecule has 0 aliphatic heterocycles. The van der Waals surface area contributed by atoms with Gasteiger partial charge in [-0.15, -0.1) is 11.6 Å². The molecule has 0 saturated carbocycles. The molecule has 0 radical (unpaired) electrons. The van der Waals surface area contributed by atoms with Crippen molar-refractivity contribution >= 4 is 11.6 Å². The predicted octanol–water partition coefficient (Wildman–Crippen LogP) is 5.28. The number of nitrogens with zero attached hydrogens (tertiary/aromatic N) is 1. The summed E-state index contributed by atoms with van der Waals surface area (Å²) in [5.41, 5.74) is 3.29. The molecule has 0 amide bonds. The van der Waals surface area contributed by atoms with Gasteiger partial charge in [-0.25, -0.2) is 0 Å². The quantitative estimate of drug-likeness (QED) is 0.611. The van der Waals surface area contributed by atoms with Gasteiger partial charge in [0.15, 0.2) is 0 Å². The topological polar surface area (TPSA) is 22.1 Å². The summed E-state index contributed by atoms with van der Waals surface area (Å²) in [5.74, 6) is 1.90. The van der Waals surface area contributed by atoms with E-state index in [2.05, 4.69) is 17.1 Å². The number of aromatic nitrogens is 1. The first-order valence-electron chi connectivity index (χ1n) is 6.68. The zero-order chi connectivity index (χ0) is 14.5. The number of benzene rings is 2. The Labute approximate surface area is 129 Å². The van der Waals surface area contributed by atoms with Gasteiger partial charge in [0.25, 0.3) is 0 Å². The minimum Gasteiger partial charge on any atom is -0.456 e. The van der Waals surface area contributed by atoms with Crippen LogP contribution in [0.3, 0.4) is 0 Å². The SMILES string of the molecule is ClCc1cncc(Oc2ccc(-c3ccccc3)cc2)c1. The van der Waals surface area contributed by atoms with Crippen molar-refractivity contribution in [3.05, 3.63) is 78.6 Å². The van der Waals surface area contributed by atoms with Gasteiger partial charge in [-0.05, 0) is 34.9 Å². The predicted molar refractivity (Wildman–Crippen MR) is 85.7 cm³/mol. The molecule has 3 heteroatoms. The Morgan fingerprint density at radius 2 is 1.52 bits per heavy atom. The second kappa shape index (κ2) is 6.42. The van der Waals surface area contributed by atoms with E-state index in [1.54, 1.807) is 12.4 Å². The van der Waals surface area contributed by atoms with Crippen molar-refractivity contribution in [2.75, 3.05) is 0 Å². The molecule has 0 aliphatic rings. The largest absolute Gasteiger partial charge is 0.456 e. The van der Waals surface area contributed by atoms with E-state index in [-0.39, 0.29) is 0 Å². The third-order valence-electron chi connectivity index (χ3n) is 3.12. The van der Waals surface area contributed by atoms with Crippen molar-refractivity contribution in [2.24, 2.45) is 0 Å². The van der Waals surface area contributed by atoms with Gasteiger partial charge >= 0.3 is 0 Å². The number of hydrogen-bond acceptors (Lipinski definition) is 2. The van der Waals surface area contributed by atoms with Crippen LogP contribution in [0.2, 0.25) is 0 Å². The lowest BCUT2D eigenvalue weighted by Gasteiger charge is -2.07. The van der Waals surface area contributed by atoms with E-state index >= 15 is 0 Å². The highest BCUT2D eigenvalue weighted by atomic mass is 35.5. The molecule has 0 atom stereocenters. The monoisotopic (exact) mass is 295 g/mol. The van der Waals surface area contributed by atoms with Crippen LogP contribution in [0.25, 0.3) is 11.1 Å². The fourth-order valence-electron chi connectivity index (χ4n) is 2.07. The van der Waals surface area contributed by atoms with Crippen LogP contribution in [0.1, 0.15) is 5.56 Å². The van der Waals surface area contributed by atoms with Crippen molar-refractivity contribution in [1.82, 2.24) is 4.98 Å². The number of ether oxygens (including phenoxy) is 1. The summed E-state index contributed by atoms with van der Waals surface area (Å²) in [6.45, 7) is 0. The Kier molecular flexibility index (Phi) is 4.17. The number of rotatable bonds is 4. The Morgan fingerprint density at radius 3 is 2.24 bits per heavy atom. The van der Waals surface area contributed by atoms with Crippen LogP contribution in [0.15, 0.2) is 73.1 Å². The third-order valence-corrected chi connectivity index (χ3v) is 3.43. The number of pyridine rings is 1. The van der Waals surface area contributed by atoms with E-state index in [0.717, 1.165) is 16.9 Å². The summed E-state index contributed by atoms with van der Waals surface area (Å²) in [6, 6.07) is 20.1. The normalized spacial score (nSPS) is 10.3. The zero-order valence-electron chi connectivity index (χ0n) is 11.4.